The van der Waals surface area contributed by atoms with Gasteiger partial charge in [-0.2, -0.15) is 11.8 Å². The fourth-order valence-electron chi connectivity index (χ4n) is 1.70. The zero-order chi connectivity index (χ0) is 13.4. The van der Waals surface area contributed by atoms with Crippen LogP contribution in [0.1, 0.15) is 19.0 Å². The number of hydrogen-bond donors (Lipinski definition) is 1. The second kappa shape index (κ2) is 8.50. The van der Waals surface area contributed by atoms with Crippen LogP contribution in [-0.4, -0.2) is 58.6 Å². The molecule has 0 spiro atoms. The minimum Gasteiger partial charge on any atom is -0.314 e. The number of likely N-dealkylation sites (N-methyl/N-ethyl adjacent to an activating group) is 1. The zero-order valence-electron chi connectivity index (χ0n) is 11.9. The van der Waals surface area contributed by atoms with Gasteiger partial charge in [-0.25, -0.2) is 0 Å². The first kappa shape index (κ1) is 15.5. The first-order valence-electron chi connectivity index (χ1n) is 6.40. The average Bonchev–Trinajstić information content (AvgIpc) is 2.81. The average molecular weight is 271 g/mol. The van der Waals surface area contributed by atoms with E-state index in [0.717, 1.165) is 25.3 Å². The highest BCUT2D eigenvalue weighted by atomic mass is 32.2. The lowest BCUT2D eigenvalue weighted by atomic mass is 10.2. The van der Waals surface area contributed by atoms with Gasteiger partial charge in [0.2, 0.25) is 0 Å². The molecule has 1 atom stereocenters. The van der Waals surface area contributed by atoms with Gasteiger partial charge in [-0.15, -0.1) is 5.10 Å². The van der Waals surface area contributed by atoms with E-state index in [9.17, 15) is 0 Å². The van der Waals surface area contributed by atoms with E-state index in [1.807, 2.05) is 29.7 Å². The molecule has 5 nitrogen and oxygen atoms in total. The van der Waals surface area contributed by atoms with Crippen molar-refractivity contribution in [1.82, 2.24) is 25.2 Å². The Kier molecular flexibility index (Phi) is 7.31. The summed E-state index contributed by atoms with van der Waals surface area (Å²) in [4.78, 5) is 2.38. The molecule has 0 saturated heterocycles. The normalized spacial score (nSPS) is 13.2. The third-order valence-electron chi connectivity index (χ3n) is 3.12. The van der Waals surface area contributed by atoms with Gasteiger partial charge in [0.1, 0.15) is 0 Å². The lowest BCUT2D eigenvalue weighted by Crippen LogP contribution is -2.32. The van der Waals surface area contributed by atoms with Crippen LogP contribution in [-0.2, 0) is 13.1 Å². The van der Waals surface area contributed by atoms with Crippen molar-refractivity contribution in [3.8, 4) is 0 Å². The third-order valence-corrected chi connectivity index (χ3v) is 3.76. The van der Waals surface area contributed by atoms with E-state index >= 15 is 0 Å². The SMILES string of the molecule is CNCc1cn(CCN(C)C(C)CCSC)nn1. The molecule has 1 rings (SSSR count). The van der Waals surface area contributed by atoms with Gasteiger partial charge in [0, 0.05) is 25.3 Å². The molecule has 0 aliphatic carbocycles. The van der Waals surface area contributed by atoms with Crippen LogP contribution in [0.25, 0.3) is 0 Å². The van der Waals surface area contributed by atoms with Gasteiger partial charge in [-0.3, -0.25) is 4.68 Å². The Morgan fingerprint density at radius 1 is 1.56 bits per heavy atom. The smallest absolute Gasteiger partial charge is 0.0964 e. The topological polar surface area (TPSA) is 46.0 Å². The molecule has 0 saturated carbocycles. The van der Waals surface area contributed by atoms with Crippen LogP contribution in [0, 0.1) is 0 Å². The van der Waals surface area contributed by atoms with Gasteiger partial charge in [0.05, 0.1) is 12.2 Å². The van der Waals surface area contributed by atoms with Crippen LogP contribution in [0.2, 0.25) is 0 Å². The van der Waals surface area contributed by atoms with E-state index in [0.29, 0.717) is 6.04 Å². The van der Waals surface area contributed by atoms with Crippen LogP contribution < -0.4 is 5.32 Å². The lowest BCUT2D eigenvalue weighted by Gasteiger charge is -2.24. The molecule has 0 amide bonds. The summed E-state index contributed by atoms with van der Waals surface area (Å²) in [6.07, 6.45) is 5.41. The van der Waals surface area contributed by atoms with Gasteiger partial charge in [0.25, 0.3) is 0 Å². The standard InChI is InChI=1S/C12H25N5S/c1-11(5-8-18-4)16(3)6-7-17-10-12(9-13-2)14-15-17/h10-11,13H,5-9H2,1-4H3. The Bertz CT molecular complexity index is 328. The van der Waals surface area contributed by atoms with Crippen molar-refractivity contribution < 1.29 is 0 Å². The van der Waals surface area contributed by atoms with Gasteiger partial charge in [-0.1, -0.05) is 5.21 Å². The summed E-state index contributed by atoms with van der Waals surface area (Å²) in [6, 6.07) is 0.623. The molecule has 0 aliphatic heterocycles. The second-order valence-electron chi connectivity index (χ2n) is 4.61. The fourth-order valence-corrected chi connectivity index (χ4v) is 2.28. The molecule has 0 bridgehead atoms. The number of nitrogens with zero attached hydrogens (tertiary/aromatic N) is 4. The van der Waals surface area contributed by atoms with E-state index in [1.165, 1.54) is 12.2 Å². The van der Waals surface area contributed by atoms with E-state index in [4.69, 9.17) is 0 Å². The van der Waals surface area contributed by atoms with Crippen LogP contribution >= 0.6 is 11.8 Å². The molecular formula is C12H25N5S. The molecule has 1 heterocycles. The summed E-state index contributed by atoms with van der Waals surface area (Å²) >= 11 is 1.91. The van der Waals surface area contributed by atoms with Crippen LogP contribution in [0.4, 0.5) is 0 Å². The van der Waals surface area contributed by atoms with Crippen molar-refractivity contribution in [2.24, 2.45) is 0 Å². The molecule has 0 aliphatic rings. The number of thioether (sulfide) groups is 1. The molecule has 1 unspecified atom stereocenters. The maximum atomic E-state index is 4.12. The molecule has 1 aromatic heterocycles. The van der Waals surface area contributed by atoms with Gasteiger partial charge >= 0.3 is 0 Å². The van der Waals surface area contributed by atoms with Crippen LogP contribution in [0.3, 0.4) is 0 Å². The third kappa shape index (κ3) is 5.37. The van der Waals surface area contributed by atoms with Gasteiger partial charge in [0.15, 0.2) is 0 Å². The van der Waals surface area contributed by atoms with Gasteiger partial charge < -0.3 is 10.2 Å². The number of aromatic nitrogens is 3. The quantitative estimate of drug-likeness (QED) is 0.728. The van der Waals surface area contributed by atoms with E-state index in [2.05, 4.69) is 40.8 Å². The van der Waals surface area contributed by atoms with Crippen molar-refractivity contribution in [2.45, 2.75) is 32.5 Å². The summed E-state index contributed by atoms with van der Waals surface area (Å²) in [5.41, 5.74) is 0.996. The molecule has 1 N–H and O–H groups in total. The van der Waals surface area contributed by atoms with Crippen molar-refractivity contribution >= 4 is 11.8 Å². The summed E-state index contributed by atoms with van der Waals surface area (Å²) in [5.74, 6) is 1.22. The van der Waals surface area contributed by atoms with Crippen LogP contribution in [0.5, 0.6) is 0 Å². The fraction of sp³-hybridized carbons (Fsp3) is 0.833. The molecule has 18 heavy (non-hydrogen) atoms. The lowest BCUT2D eigenvalue weighted by molar-refractivity contribution is 0.239. The molecule has 0 fully saturated rings. The van der Waals surface area contributed by atoms with E-state index in [-0.39, 0.29) is 0 Å². The Hall–Kier alpha value is -0.590. The highest BCUT2D eigenvalue weighted by Crippen LogP contribution is 2.06. The highest BCUT2D eigenvalue weighted by molar-refractivity contribution is 7.98. The summed E-state index contributed by atoms with van der Waals surface area (Å²) < 4.78 is 1.92. The molecule has 1 aromatic rings. The number of hydrogen-bond acceptors (Lipinski definition) is 5. The van der Waals surface area contributed by atoms with E-state index < -0.39 is 0 Å². The summed E-state index contributed by atoms with van der Waals surface area (Å²) in [7, 11) is 4.09. The minimum absolute atomic E-state index is 0.623. The Morgan fingerprint density at radius 3 is 3.00 bits per heavy atom. The number of rotatable bonds is 9. The van der Waals surface area contributed by atoms with Crippen molar-refractivity contribution in [3.63, 3.8) is 0 Å². The predicted molar refractivity (Wildman–Crippen MR) is 77.9 cm³/mol. The molecule has 6 heteroatoms. The summed E-state index contributed by atoms with van der Waals surface area (Å²) in [5, 5.41) is 11.3. The Labute approximate surface area is 114 Å². The predicted octanol–water partition coefficient (Wildman–Crippen LogP) is 1.07. The first-order valence-corrected chi connectivity index (χ1v) is 7.79. The summed E-state index contributed by atoms with van der Waals surface area (Å²) in [6.45, 7) is 4.97. The monoisotopic (exact) mass is 271 g/mol. The van der Waals surface area contributed by atoms with Gasteiger partial charge in [-0.05, 0) is 39.4 Å². The van der Waals surface area contributed by atoms with Crippen molar-refractivity contribution in [1.29, 1.82) is 0 Å². The molecule has 0 aromatic carbocycles. The molecule has 0 radical (unpaired) electrons. The maximum Gasteiger partial charge on any atom is 0.0964 e. The largest absolute Gasteiger partial charge is 0.314 e. The molecular weight excluding hydrogens is 246 g/mol. The van der Waals surface area contributed by atoms with Crippen LogP contribution in [0.15, 0.2) is 6.20 Å². The minimum atomic E-state index is 0.623. The zero-order valence-corrected chi connectivity index (χ0v) is 12.7. The second-order valence-corrected chi connectivity index (χ2v) is 5.60. The first-order chi connectivity index (χ1) is 8.67. The molecule has 104 valence electrons. The van der Waals surface area contributed by atoms with Crippen molar-refractivity contribution in [2.75, 3.05) is 32.6 Å². The van der Waals surface area contributed by atoms with Crippen molar-refractivity contribution in [3.05, 3.63) is 11.9 Å². The maximum absolute atomic E-state index is 4.12. The number of nitrogens with one attached hydrogen (secondary N) is 1. The van der Waals surface area contributed by atoms with E-state index in [1.54, 1.807) is 0 Å². The Morgan fingerprint density at radius 2 is 2.33 bits per heavy atom. The highest BCUT2D eigenvalue weighted by Gasteiger charge is 2.09. The Balaban J connectivity index is 2.30.